The molecule has 0 saturated carbocycles. The number of benzene rings is 2. The van der Waals surface area contributed by atoms with Crippen molar-refractivity contribution in [2.75, 3.05) is 5.32 Å². The highest BCUT2D eigenvalue weighted by atomic mass is 19.4. The van der Waals surface area contributed by atoms with E-state index in [0.29, 0.717) is 5.56 Å². The Kier molecular flexibility index (Phi) is 7.73. The molecule has 1 fully saturated rings. The minimum absolute atomic E-state index is 0.0154. The van der Waals surface area contributed by atoms with Gasteiger partial charge in [0.1, 0.15) is 11.9 Å². The molecule has 2 N–H and O–H groups in total. The number of aryl methyl sites for hydroxylation is 1. The van der Waals surface area contributed by atoms with Gasteiger partial charge in [-0.3, -0.25) is 4.79 Å². The molecule has 1 saturated heterocycles. The van der Waals surface area contributed by atoms with Gasteiger partial charge in [-0.1, -0.05) is 81.4 Å². The second-order valence-electron chi connectivity index (χ2n) is 11.0. The Morgan fingerprint density at radius 2 is 1.56 bits per heavy atom. The maximum atomic E-state index is 13.9. The van der Waals surface area contributed by atoms with Gasteiger partial charge in [-0.25, -0.2) is 9.78 Å². The number of halogens is 3. The first-order valence-corrected chi connectivity index (χ1v) is 12.7. The number of carboxylic acid groups (broad SMARTS) is 1. The standard InChI is InChI=1S/C30H32F3N3O3/c1-18-15-21(30(31,32)33)17-22(34-18)35-25-24(29(2,3)4)27(28(38)39)36(26(25)20-13-9-6-10-14-20)23(37)16-19-11-7-5-8-12-19/h5-15,17,24-27H,16H2,1-4H3,(H,34,35)(H,38,39). The van der Waals surface area contributed by atoms with Crippen LogP contribution in [0.4, 0.5) is 19.0 Å². The van der Waals surface area contributed by atoms with Crippen molar-refractivity contribution < 1.29 is 27.9 Å². The van der Waals surface area contributed by atoms with Crippen LogP contribution in [0, 0.1) is 18.3 Å². The number of aliphatic carboxylic acids is 1. The van der Waals surface area contributed by atoms with E-state index in [0.717, 1.165) is 17.7 Å². The van der Waals surface area contributed by atoms with E-state index < -0.39 is 47.2 Å². The molecule has 9 heteroatoms. The van der Waals surface area contributed by atoms with Crippen LogP contribution in [0.5, 0.6) is 0 Å². The molecule has 4 unspecified atom stereocenters. The summed E-state index contributed by atoms with van der Waals surface area (Å²) in [5.41, 5.74) is 0.0775. The van der Waals surface area contributed by atoms with Crippen LogP contribution in [0.15, 0.2) is 72.8 Å². The van der Waals surface area contributed by atoms with Gasteiger partial charge in [0, 0.05) is 11.6 Å². The van der Waals surface area contributed by atoms with Crippen molar-refractivity contribution in [1.82, 2.24) is 9.88 Å². The Hall–Kier alpha value is -3.88. The maximum Gasteiger partial charge on any atom is 0.416 e. The van der Waals surface area contributed by atoms with Crippen LogP contribution >= 0.6 is 0 Å². The average Bonchev–Trinajstić information content (AvgIpc) is 3.20. The van der Waals surface area contributed by atoms with Gasteiger partial charge in [0.05, 0.1) is 24.1 Å². The van der Waals surface area contributed by atoms with Crippen molar-refractivity contribution in [3.63, 3.8) is 0 Å². The van der Waals surface area contributed by atoms with Crippen molar-refractivity contribution in [2.24, 2.45) is 11.3 Å². The molecule has 206 valence electrons. The van der Waals surface area contributed by atoms with E-state index in [1.54, 1.807) is 48.5 Å². The van der Waals surface area contributed by atoms with Gasteiger partial charge >= 0.3 is 12.1 Å². The van der Waals surface area contributed by atoms with Crippen LogP contribution < -0.4 is 5.32 Å². The zero-order valence-corrected chi connectivity index (χ0v) is 22.2. The number of pyridine rings is 1. The molecule has 39 heavy (non-hydrogen) atoms. The molecule has 1 aliphatic rings. The molecule has 0 radical (unpaired) electrons. The van der Waals surface area contributed by atoms with Crippen LogP contribution in [-0.4, -0.2) is 39.0 Å². The van der Waals surface area contributed by atoms with Crippen LogP contribution in [0.2, 0.25) is 0 Å². The van der Waals surface area contributed by atoms with Crippen molar-refractivity contribution in [3.05, 3.63) is 95.2 Å². The Morgan fingerprint density at radius 1 is 0.974 bits per heavy atom. The van der Waals surface area contributed by atoms with Gasteiger partial charge in [0.2, 0.25) is 5.91 Å². The number of carbonyl (C=O) groups excluding carboxylic acids is 1. The Balaban J connectivity index is 1.88. The summed E-state index contributed by atoms with van der Waals surface area (Å²) in [5, 5.41) is 13.7. The molecule has 4 atom stereocenters. The predicted octanol–water partition coefficient (Wildman–Crippen LogP) is 6.13. The molecule has 0 bridgehead atoms. The zero-order chi connectivity index (χ0) is 28.5. The number of hydrogen-bond donors (Lipinski definition) is 2. The molecule has 2 heterocycles. The largest absolute Gasteiger partial charge is 0.480 e. The van der Waals surface area contributed by atoms with E-state index in [9.17, 15) is 27.9 Å². The summed E-state index contributed by atoms with van der Waals surface area (Å²) in [7, 11) is 0. The Labute approximate surface area is 225 Å². The summed E-state index contributed by atoms with van der Waals surface area (Å²) >= 11 is 0. The fraction of sp³-hybridized carbons (Fsp3) is 0.367. The number of amides is 1. The molecule has 1 aliphatic heterocycles. The highest BCUT2D eigenvalue weighted by Crippen LogP contribution is 2.49. The van der Waals surface area contributed by atoms with Crippen LogP contribution in [0.3, 0.4) is 0 Å². The van der Waals surface area contributed by atoms with Gasteiger partial charge in [-0.05, 0) is 35.6 Å². The summed E-state index contributed by atoms with van der Waals surface area (Å²) < 4.78 is 40.9. The number of carboxylic acids is 1. The first kappa shape index (κ1) is 28.1. The van der Waals surface area contributed by atoms with Crippen molar-refractivity contribution in [3.8, 4) is 0 Å². The minimum atomic E-state index is -4.58. The fourth-order valence-electron chi connectivity index (χ4n) is 5.63. The summed E-state index contributed by atoms with van der Waals surface area (Å²) in [4.78, 5) is 32.5. The number of aromatic nitrogens is 1. The third kappa shape index (κ3) is 6.08. The second kappa shape index (κ2) is 10.7. The van der Waals surface area contributed by atoms with Gasteiger partial charge in [-0.15, -0.1) is 0 Å². The molecule has 3 aromatic rings. The van der Waals surface area contributed by atoms with Gasteiger partial charge in [-0.2, -0.15) is 13.2 Å². The first-order chi connectivity index (χ1) is 18.3. The van der Waals surface area contributed by atoms with E-state index in [1.807, 2.05) is 32.9 Å². The summed E-state index contributed by atoms with van der Waals surface area (Å²) in [6.45, 7) is 7.10. The van der Waals surface area contributed by atoms with E-state index in [-0.39, 0.29) is 23.8 Å². The molecular weight excluding hydrogens is 507 g/mol. The molecule has 1 amide bonds. The quantitative estimate of drug-likeness (QED) is 0.394. The number of carbonyl (C=O) groups is 2. The number of nitrogens with zero attached hydrogens (tertiary/aromatic N) is 2. The lowest BCUT2D eigenvalue weighted by Gasteiger charge is -2.35. The second-order valence-corrected chi connectivity index (χ2v) is 11.0. The molecule has 1 aromatic heterocycles. The highest BCUT2D eigenvalue weighted by molar-refractivity contribution is 5.87. The first-order valence-electron chi connectivity index (χ1n) is 12.7. The molecule has 0 aliphatic carbocycles. The van der Waals surface area contributed by atoms with Crippen molar-refractivity contribution >= 4 is 17.7 Å². The summed E-state index contributed by atoms with van der Waals surface area (Å²) in [6, 6.07) is 17.2. The average molecular weight is 540 g/mol. The molecule has 2 aromatic carbocycles. The third-order valence-corrected chi connectivity index (χ3v) is 7.14. The monoisotopic (exact) mass is 539 g/mol. The van der Waals surface area contributed by atoms with Crippen LogP contribution in [0.25, 0.3) is 0 Å². The number of anilines is 1. The highest BCUT2D eigenvalue weighted by Gasteiger charge is 2.58. The lowest BCUT2D eigenvalue weighted by atomic mass is 9.72. The van der Waals surface area contributed by atoms with E-state index in [4.69, 9.17) is 0 Å². The topological polar surface area (TPSA) is 82.5 Å². The van der Waals surface area contributed by atoms with Crippen LogP contribution in [0.1, 0.15) is 49.2 Å². The van der Waals surface area contributed by atoms with Crippen molar-refractivity contribution in [1.29, 1.82) is 0 Å². The summed E-state index contributed by atoms with van der Waals surface area (Å²) in [5.74, 6) is -2.25. The fourth-order valence-corrected chi connectivity index (χ4v) is 5.63. The molecular formula is C30H32F3N3O3. The SMILES string of the molecule is Cc1cc(C(F)(F)F)cc(NC2C(c3ccccc3)N(C(=O)Cc3ccccc3)C(C(=O)O)C2C(C)(C)C)n1. The Bertz CT molecular complexity index is 1320. The van der Waals surface area contributed by atoms with Crippen LogP contribution in [-0.2, 0) is 22.2 Å². The summed E-state index contributed by atoms with van der Waals surface area (Å²) in [6.07, 6.45) is -4.60. The van der Waals surface area contributed by atoms with E-state index in [2.05, 4.69) is 10.3 Å². The number of alkyl halides is 3. The number of hydrogen-bond acceptors (Lipinski definition) is 4. The molecule has 6 nitrogen and oxygen atoms in total. The normalized spacial score (nSPS) is 21.6. The van der Waals surface area contributed by atoms with Gasteiger partial charge in [0.15, 0.2) is 0 Å². The van der Waals surface area contributed by atoms with Crippen molar-refractivity contribution in [2.45, 2.75) is 58.4 Å². The molecule has 0 spiro atoms. The van der Waals surface area contributed by atoms with E-state index >= 15 is 0 Å². The Morgan fingerprint density at radius 3 is 2.10 bits per heavy atom. The lowest BCUT2D eigenvalue weighted by molar-refractivity contribution is -0.152. The minimum Gasteiger partial charge on any atom is -0.480 e. The smallest absolute Gasteiger partial charge is 0.416 e. The zero-order valence-electron chi connectivity index (χ0n) is 22.2. The lowest BCUT2D eigenvalue weighted by Crippen LogP contribution is -2.47. The predicted molar refractivity (Wildman–Crippen MR) is 142 cm³/mol. The number of nitrogens with one attached hydrogen (secondary N) is 1. The molecule has 4 rings (SSSR count). The van der Waals surface area contributed by atoms with E-state index in [1.165, 1.54) is 11.8 Å². The number of likely N-dealkylation sites (tertiary alicyclic amines) is 1. The van der Waals surface area contributed by atoms with Gasteiger partial charge in [0.25, 0.3) is 0 Å². The van der Waals surface area contributed by atoms with Gasteiger partial charge < -0.3 is 15.3 Å². The third-order valence-electron chi connectivity index (χ3n) is 7.14. The number of rotatable bonds is 6. The maximum absolute atomic E-state index is 13.9.